The highest BCUT2D eigenvalue weighted by Gasteiger charge is 2.31. The number of rotatable bonds is 5. The van der Waals surface area contributed by atoms with Gasteiger partial charge in [-0.25, -0.2) is 4.68 Å². The van der Waals surface area contributed by atoms with Crippen molar-refractivity contribution in [1.82, 2.24) is 25.5 Å². The second kappa shape index (κ2) is 6.22. The zero-order chi connectivity index (χ0) is 13.9. The minimum absolute atomic E-state index is 0.0873. The van der Waals surface area contributed by atoms with Crippen LogP contribution >= 0.6 is 11.8 Å². The van der Waals surface area contributed by atoms with Gasteiger partial charge >= 0.3 is 0 Å². The topological polar surface area (TPSA) is 55.6 Å². The molecule has 6 heteroatoms. The molecule has 0 saturated heterocycles. The maximum Gasteiger partial charge on any atom is 0.165 e. The Balaban J connectivity index is 2.06. The average Bonchev–Trinajstić information content (AvgIpc) is 2.93. The first-order valence-electron chi connectivity index (χ1n) is 7.14. The third kappa shape index (κ3) is 3.92. The van der Waals surface area contributed by atoms with Gasteiger partial charge in [0.1, 0.15) is 0 Å². The molecule has 0 bridgehead atoms. The number of nitrogens with one attached hydrogen (secondary N) is 1. The molecule has 2 rings (SSSR count). The Morgan fingerprint density at radius 1 is 1.37 bits per heavy atom. The van der Waals surface area contributed by atoms with Crippen LogP contribution in [-0.4, -0.2) is 36.7 Å². The van der Waals surface area contributed by atoms with Gasteiger partial charge in [-0.15, -0.1) is 5.10 Å². The van der Waals surface area contributed by atoms with E-state index in [4.69, 9.17) is 0 Å². The monoisotopic (exact) mass is 283 g/mol. The first kappa shape index (κ1) is 14.8. The highest BCUT2D eigenvalue weighted by molar-refractivity contribution is 7.99. The molecule has 2 atom stereocenters. The lowest BCUT2D eigenvalue weighted by molar-refractivity contribution is 0.389. The minimum atomic E-state index is 0.0873. The van der Waals surface area contributed by atoms with E-state index in [1.807, 2.05) is 11.8 Å². The van der Waals surface area contributed by atoms with Crippen LogP contribution in [0.2, 0.25) is 0 Å². The maximum absolute atomic E-state index is 4.23. The molecule has 5 nitrogen and oxygen atoms in total. The molecule has 19 heavy (non-hydrogen) atoms. The van der Waals surface area contributed by atoms with E-state index in [0.717, 1.165) is 12.4 Å². The lowest BCUT2D eigenvalue weighted by atomic mass is 10.1. The number of hydrogen-bond donors (Lipinski definition) is 1. The maximum atomic E-state index is 4.23. The fraction of sp³-hybridized carbons (Fsp3) is 0.923. The molecule has 1 saturated carbocycles. The van der Waals surface area contributed by atoms with E-state index in [-0.39, 0.29) is 5.54 Å². The Morgan fingerprint density at radius 3 is 2.84 bits per heavy atom. The molecule has 1 aliphatic rings. The van der Waals surface area contributed by atoms with Crippen LogP contribution in [0.3, 0.4) is 0 Å². The minimum Gasteiger partial charge on any atom is -0.305 e. The molecule has 0 radical (unpaired) electrons. The Hall–Kier alpha value is -0.620. The summed E-state index contributed by atoms with van der Waals surface area (Å²) in [6, 6.07) is 0.469. The third-order valence-corrected chi connectivity index (χ3v) is 4.76. The summed E-state index contributed by atoms with van der Waals surface area (Å²) in [5.74, 6) is 2.13. The van der Waals surface area contributed by atoms with Crippen molar-refractivity contribution in [1.29, 1.82) is 0 Å². The molecule has 1 aromatic heterocycles. The van der Waals surface area contributed by atoms with Gasteiger partial charge in [-0.1, -0.05) is 13.3 Å². The van der Waals surface area contributed by atoms with Crippen LogP contribution in [-0.2, 0) is 6.54 Å². The second-order valence-corrected chi connectivity index (χ2v) is 7.65. The molecule has 0 aliphatic heterocycles. The smallest absolute Gasteiger partial charge is 0.165 e. The van der Waals surface area contributed by atoms with Gasteiger partial charge in [0.25, 0.3) is 0 Å². The van der Waals surface area contributed by atoms with Crippen LogP contribution in [0.4, 0.5) is 0 Å². The first-order valence-corrected chi connectivity index (χ1v) is 8.19. The largest absolute Gasteiger partial charge is 0.305 e. The van der Waals surface area contributed by atoms with Gasteiger partial charge in [-0.2, -0.15) is 11.8 Å². The van der Waals surface area contributed by atoms with Crippen LogP contribution in [0.15, 0.2) is 0 Å². The molecule has 1 fully saturated rings. The summed E-state index contributed by atoms with van der Waals surface area (Å²) in [4.78, 5) is 0. The van der Waals surface area contributed by atoms with E-state index in [2.05, 4.69) is 53.2 Å². The quantitative estimate of drug-likeness (QED) is 0.899. The molecule has 0 aromatic carbocycles. The van der Waals surface area contributed by atoms with Gasteiger partial charge in [0, 0.05) is 10.8 Å². The number of hydrogen-bond acceptors (Lipinski definition) is 5. The van der Waals surface area contributed by atoms with Gasteiger partial charge in [0.2, 0.25) is 0 Å². The van der Waals surface area contributed by atoms with Crippen molar-refractivity contribution in [2.24, 2.45) is 0 Å². The molecule has 108 valence electrons. The Morgan fingerprint density at radius 2 is 2.16 bits per heavy atom. The average molecular weight is 283 g/mol. The number of tetrazole rings is 1. The van der Waals surface area contributed by atoms with Crippen molar-refractivity contribution in [3.63, 3.8) is 0 Å². The van der Waals surface area contributed by atoms with E-state index in [1.54, 1.807) is 0 Å². The molecular formula is C13H25N5S. The second-order valence-electron chi connectivity index (χ2n) is 6.14. The normalized spacial score (nSPS) is 24.0. The summed E-state index contributed by atoms with van der Waals surface area (Å²) in [5.41, 5.74) is 0.0873. The van der Waals surface area contributed by atoms with E-state index >= 15 is 0 Å². The van der Waals surface area contributed by atoms with E-state index in [9.17, 15) is 0 Å². The van der Waals surface area contributed by atoms with Crippen LogP contribution in [0.1, 0.15) is 58.8 Å². The van der Waals surface area contributed by atoms with E-state index in [0.29, 0.717) is 11.3 Å². The van der Waals surface area contributed by atoms with Gasteiger partial charge in [0.05, 0.1) is 12.6 Å². The van der Waals surface area contributed by atoms with Gasteiger partial charge in [0.15, 0.2) is 5.82 Å². The van der Waals surface area contributed by atoms with Crippen molar-refractivity contribution in [3.8, 4) is 0 Å². The van der Waals surface area contributed by atoms with E-state index in [1.165, 1.54) is 25.0 Å². The summed E-state index contributed by atoms with van der Waals surface area (Å²) >= 11 is 2.04. The molecule has 1 aliphatic carbocycles. The summed E-state index contributed by atoms with van der Waals surface area (Å²) < 4.78 is 2.05. The number of thioether (sulfide) groups is 1. The Bertz CT molecular complexity index is 398. The highest BCUT2D eigenvalue weighted by atomic mass is 32.2. The predicted octanol–water partition coefficient (Wildman–Crippen LogP) is 2.41. The summed E-state index contributed by atoms with van der Waals surface area (Å²) in [7, 11) is 0. The van der Waals surface area contributed by atoms with Crippen molar-refractivity contribution in [3.05, 3.63) is 5.82 Å². The van der Waals surface area contributed by atoms with Crippen LogP contribution in [0.5, 0.6) is 0 Å². The van der Waals surface area contributed by atoms with Crippen LogP contribution in [0.25, 0.3) is 0 Å². The van der Waals surface area contributed by atoms with E-state index < -0.39 is 0 Å². The Kier molecular flexibility index (Phi) is 4.84. The molecular weight excluding hydrogens is 258 g/mol. The SMILES string of the molecule is CCSC1CCCC1n1nnnc1CNC(C)(C)C. The highest BCUT2D eigenvalue weighted by Crippen LogP contribution is 2.38. The number of aromatic nitrogens is 4. The van der Waals surface area contributed by atoms with Gasteiger partial charge in [-0.3, -0.25) is 0 Å². The zero-order valence-corrected chi connectivity index (χ0v) is 13.2. The van der Waals surface area contributed by atoms with Crippen molar-refractivity contribution in [2.45, 2.75) is 70.3 Å². The standard InChI is InChI=1S/C13H25N5S/c1-5-19-11-8-6-7-10(11)18-12(15-16-17-18)9-14-13(2,3)4/h10-11,14H,5-9H2,1-4H3. The lowest BCUT2D eigenvalue weighted by Gasteiger charge is -2.22. The summed E-state index contributed by atoms with van der Waals surface area (Å²) in [6.45, 7) is 9.43. The lowest BCUT2D eigenvalue weighted by Crippen LogP contribution is -2.36. The molecule has 1 heterocycles. The van der Waals surface area contributed by atoms with Crippen LogP contribution < -0.4 is 5.32 Å². The molecule has 0 amide bonds. The van der Waals surface area contributed by atoms with Crippen molar-refractivity contribution >= 4 is 11.8 Å². The van der Waals surface area contributed by atoms with Gasteiger partial charge in [-0.05, 0) is 49.8 Å². The zero-order valence-electron chi connectivity index (χ0n) is 12.4. The number of nitrogens with zero attached hydrogens (tertiary/aromatic N) is 4. The summed E-state index contributed by atoms with van der Waals surface area (Å²) in [5, 5.41) is 16.4. The molecule has 1 N–H and O–H groups in total. The fourth-order valence-corrected chi connectivity index (χ4v) is 3.76. The van der Waals surface area contributed by atoms with Gasteiger partial charge < -0.3 is 5.32 Å². The molecule has 2 unspecified atom stereocenters. The third-order valence-electron chi connectivity index (χ3n) is 3.45. The summed E-state index contributed by atoms with van der Waals surface area (Å²) in [6.07, 6.45) is 3.77. The van der Waals surface area contributed by atoms with Crippen molar-refractivity contribution < 1.29 is 0 Å². The van der Waals surface area contributed by atoms with Crippen molar-refractivity contribution in [2.75, 3.05) is 5.75 Å². The first-order chi connectivity index (χ1) is 9.01. The van der Waals surface area contributed by atoms with Crippen LogP contribution in [0, 0.1) is 0 Å². The Labute approximate surface area is 119 Å². The predicted molar refractivity (Wildman–Crippen MR) is 79.2 cm³/mol. The molecule has 1 aromatic rings. The molecule has 0 spiro atoms. The fourth-order valence-electron chi connectivity index (χ4n) is 2.53.